The third-order valence-corrected chi connectivity index (χ3v) is 3.68. The minimum Gasteiger partial charge on any atom is -0.398 e. The van der Waals surface area contributed by atoms with Crippen molar-refractivity contribution in [1.29, 1.82) is 0 Å². The van der Waals surface area contributed by atoms with Crippen LogP contribution in [0.3, 0.4) is 0 Å². The van der Waals surface area contributed by atoms with Crippen LogP contribution in [0, 0.1) is 27.7 Å². The normalized spacial score (nSPS) is 10.7. The average Bonchev–Trinajstić information content (AvgIpc) is 2.33. The van der Waals surface area contributed by atoms with Crippen molar-refractivity contribution in [3.8, 4) is 11.1 Å². The van der Waals surface area contributed by atoms with E-state index in [2.05, 4.69) is 39.8 Å². The highest BCUT2D eigenvalue weighted by atomic mass is 14.6. The molecule has 0 aromatic heterocycles. The monoisotopic (exact) mass is 240 g/mol. The SMILES string of the molecule is Cc1ccc(N)c(C)c1-c1c(C)ccc(N)c1C. The Morgan fingerprint density at radius 2 is 0.944 bits per heavy atom. The molecular formula is C16H20N2. The van der Waals surface area contributed by atoms with Crippen LogP contribution in [0.2, 0.25) is 0 Å². The Morgan fingerprint density at radius 1 is 0.611 bits per heavy atom. The molecule has 0 fully saturated rings. The smallest absolute Gasteiger partial charge is 0.0350 e. The van der Waals surface area contributed by atoms with E-state index in [-0.39, 0.29) is 0 Å². The molecule has 0 unspecified atom stereocenters. The highest BCUT2D eigenvalue weighted by molar-refractivity contribution is 5.82. The third kappa shape index (κ3) is 1.84. The fraction of sp³-hybridized carbons (Fsp3) is 0.250. The third-order valence-electron chi connectivity index (χ3n) is 3.68. The van der Waals surface area contributed by atoms with Crippen LogP contribution in [0.15, 0.2) is 24.3 Å². The van der Waals surface area contributed by atoms with E-state index in [0.29, 0.717) is 0 Å². The van der Waals surface area contributed by atoms with Crippen LogP contribution in [-0.2, 0) is 0 Å². The first-order valence-corrected chi connectivity index (χ1v) is 6.15. The van der Waals surface area contributed by atoms with Crippen LogP contribution in [0.1, 0.15) is 22.3 Å². The van der Waals surface area contributed by atoms with Crippen molar-refractivity contribution in [3.63, 3.8) is 0 Å². The molecule has 0 radical (unpaired) electrons. The molecule has 2 aromatic carbocycles. The first-order valence-electron chi connectivity index (χ1n) is 6.15. The van der Waals surface area contributed by atoms with Gasteiger partial charge in [0.15, 0.2) is 0 Å². The van der Waals surface area contributed by atoms with Crippen LogP contribution in [0.4, 0.5) is 11.4 Å². The predicted molar refractivity (Wildman–Crippen MR) is 79.7 cm³/mol. The van der Waals surface area contributed by atoms with E-state index in [9.17, 15) is 0 Å². The van der Waals surface area contributed by atoms with E-state index >= 15 is 0 Å². The lowest BCUT2D eigenvalue weighted by molar-refractivity contribution is 1.32. The van der Waals surface area contributed by atoms with Gasteiger partial charge in [-0.15, -0.1) is 0 Å². The van der Waals surface area contributed by atoms with Gasteiger partial charge in [0.2, 0.25) is 0 Å². The Balaban J connectivity index is 2.85. The summed E-state index contributed by atoms with van der Waals surface area (Å²) < 4.78 is 0. The maximum atomic E-state index is 6.03. The first-order chi connectivity index (χ1) is 8.43. The molecule has 0 aliphatic rings. The molecule has 2 aromatic rings. The summed E-state index contributed by atoms with van der Waals surface area (Å²) in [6.45, 7) is 8.37. The van der Waals surface area contributed by atoms with E-state index in [1.807, 2.05) is 12.1 Å². The maximum absolute atomic E-state index is 6.03. The molecule has 0 aliphatic carbocycles. The molecule has 94 valence electrons. The number of benzene rings is 2. The standard InChI is InChI=1S/C16H20N2/c1-9-5-7-13(17)11(3)15(9)16-10(2)6-8-14(18)12(16)4/h5-8H,17-18H2,1-4H3. The lowest BCUT2D eigenvalue weighted by Crippen LogP contribution is -2.00. The van der Waals surface area contributed by atoms with Crippen LogP contribution in [0.25, 0.3) is 11.1 Å². The zero-order valence-electron chi connectivity index (χ0n) is 11.5. The van der Waals surface area contributed by atoms with Crippen molar-refractivity contribution in [2.75, 3.05) is 11.5 Å². The largest absolute Gasteiger partial charge is 0.398 e. The van der Waals surface area contributed by atoms with E-state index < -0.39 is 0 Å². The summed E-state index contributed by atoms with van der Waals surface area (Å²) in [6.07, 6.45) is 0. The van der Waals surface area contributed by atoms with Crippen LogP contribution in [-0.4, -0.2) is 0 Å². The van der Waals surface area contributed by atoms with Gasteiger partial charge < -0.3 is 11.5 Å². The highest BCUT2D eigenvalue weighted by Gasteiger charge is 2.14. The number of nitrogens with two attached hydrogens (primary N) is 2. The summed E-state index contributed by atoms with van der Waals surface area (Å²) in [5, 5.41) is 0. The Hall–Kier alpha value is -1.96. The second kappa shape index (κ2) is 4.37. The summed E-state index contributed by atoms with van der Waals surface area (Å²) in [7, 11) is 0. The number of aryl methyl sites for hydroxylation is 2. The van der Waals surface area contributed by atoms with E-state index in [4.69, 9.17) is 11.5 Å². The van der Waals surface area contributed by atoms with E-state index in [1.54, 1.807) is 0 Å². The summed E-state index contributed by atoms with van der Waals surface area (Å²) in [5.74, 6) is 0. The maximum Gasteiger partial charge on any atom is 0.0350 e. The molecular weight excluding hydrogens is 220 g/mol. The van der Waals surface area contributed by atoms with Gasteiger partial charge in [0.1, 0.15) is 0 Å². The second-order valence-electron chi connectivity index (χ2n) is 4.94. The second-order valence-corrected chi connectivity index (χ2v) is 4.94. The van der Waals surface area contributed by atoms with Crippen molar-refractivity contribution in [3.05, 3.63) is 46.5 Å². The van der Waals surface area contributed by atoms with Gasteiger partial charge in [-0.3, -0.25) is 0 Å². The average molecular weight is 240 g/mol. The highest BCUT2D eigenvalue weighted by Crippen LogP contribution is 2.36. The van der Waals surface area contributed by atoms with Gasteiger partial charge in [-0.2, -0.15) is 0 Å². The molecule has 0 saturated carbocycles. The fourth-order valence-electron chi connectivity index (χ4n) is 2.50. The molecule has 2 rings (SSSR count). The van der Waals surface area contributed by atoms with Crippen molar-refractivity contribution >= 4 is 11.4 Å². The van der Waals surface area contributed by atoms with Crippen molar-refractivity contribution in [1.82, 2.24) is 0 Å². The Labute approximate surface area is 109 Å². The van der Waals surface area contributed by atoms with Crippen molar-refractivity contribution in [2.45, 2.75) is 27.7 Å². The molecule has 0 bridgehead atoms. The number of nitrogen functional groups attached to an aromatic ring is 2. The Kier molecular flexibility index (Phi) is 3.04. The molecule has 0 atom stereocenters. The Morgan fingerprint density at radius 3 is 1.28 bits per heavy atom. The molecule has 0 heterocycles. The summed E-state index contributed by atoms with van der Waals surface area (Å²) >= 11 is 0. The predicted octanol–water partition coefficient (Wildman–Crippen LogP) is 3.75. The number of hydrogen-bond acceptors (Lipinski definition) is 2. The summed E-state index contributed by atoms with van der Waals surface area (Å²) in [6, 6.07) is 8.07. The molecule has 0 saturated heterocycles. The molecule has 4 N–H and O–H groups in total. The van der Waals surface area contributed by atoms with Gasteiger partial charge >= 0.3 is 0 Å². The van der Waals surface area contributed by atoms with Crippen molar-refractivity contribution < 1.29 is 0 Å². The number of hydrogen-bond donors (Lipinski definition) is 2. The minimum atomic E-state index is 0.830. The van der Waals surface area contributed by atoms with Gasteiger partial charge in [0.25, 0.3) is 0 Å². The van der Waals surface area contributed by atoms with Crippen LogP contribution >= 0.6 is 0 Å². The van der Waals surface area contributed by atoms with Crippen LogP contribution in [0.5, 0.6) is 0 Å². The van der Waals surface area contributed by atoms with Gasteiger partial charge in [-0.25, -0.2) is 0 Å². The molecule has 0 aliphatic heterocycles. The number of rotatable bonds is 1. The van der Waals surface area contributed by atoms with E-state index in [0.717, 1.165) is 22.5 Å². The quantitative estimate of drug-likeness (QED) is 0.746. The van der Waals surface area contributed by atoms with Gasteiger partial charge in [-0.05, 0) is 73.2 Å². The molecule has 18 heavy (non-hydrogen) atoms. The molecule has 2 heteroatoms. The lowest BCUT2D eigenvalue weighted by Gasteiger charge is -2.18. The zero-order chi connectivity index (χ0) is 13.4. The van der Waals surface area contributed by atoms with Crippen molar-refractivity contribution in [2.24, 2.45) is 0 Å². The van der Waals surface area contributed by atoms with E-state index in [1.165, 1.54) is 22.3 Å². The van der Waals surface area contributed by atoms with Gasteiger partial charge in [0.05, 0.1) is 0 Å². The zero-order valence-corrected chi connectivity index (χ0v) is 11.5. The first kappa shape index (κ1) is 12.5. The lowest BCUT2D eigenvalue weighted by atomic mass is 9.88. The molecule has 0 amide bonds. The minimum absolute atomic E-state index is 0.830. The van der Waals surface area contributed by atoms with Crippen LogP contribution < -0.4 is 11.5 Å². The fourth-order valence-corrected chi connectivity index (χ4v) is 2.50. The number of anilines is 2. The molecule has 2 nitrogen and oxygen atoms in total. The van der Waals surface area contributed by atoms with Gasteiger partial charge in [0, 0.05) is 11.4 Å². The summed E-state index contributed by atoms with van der Waals surface area (Å²) in [5.41, 5.74) is 20.9. The molecule has 0 spiro atoms. The van der Waals surface area contributed by atoms with Gasteiger partial charge in [-0.1, -0.05) is 12.1 Å². The Bertz CT molecular complexity index is 557. The summed E-state index contributed by atoms with van der Waals surface area (Å²) in [4.78, 5) is 0. The topological polar surface area (TPSA) is 52.0 Å².